The first-order valence-corrected chi connectivity index (χ1v) is 7.46. The van der Waals surface area contributed by atoms with Crippen molar-refractivity contribution in [2.45, 2.75) is 26.2 Å². The highest BCUT2D eigenvalue weighted by Crippen LogP contribution is 2.32. The van der Waals surface area contributed by atoms with Gasteiger partial charge in [0.25, 0.3) is 0 Å². The number of esters is 1. The Bertz CT molecular complexity index is 796. The molecule has 0 fully saturated rings. The molecule has 0 saturated heterocycles. The molecule has 3 rings (SSSR count). The highest BCUT2D eigenvalue weighted by atomic mass is 16.7. The molecule has 2 aromatic carbocycles. The van der Waals surface area contributed by atoms with Gasteiger partial charge in [0.15, 0.2) is 0 Å². The number of carboxylic acids is 1. The predicted molar refractivity (Wildman–Crippen MR) is 87.3 cm³/mol. The number of carbonyl (C=O) groups excluding carboxylic acids is 1. The number of fused-ring (bicyclic) bond motifs is 1. The molecule has 0 atom stereocenters. The lowest BCUT2D eigenvalue weighted by atomic mass is 10.1. The van der Waals surface area contributed by atoms with Crippen LogP contribution in [0.15, 0.2) is 42.5 Å². The number of rotatable bonds is 4. The number of hydrogen-bond acceptors (Lipinski definition) is 5. The van der Waals surface area contributed by atoms with Gasteiger partial charge in [-0.15, -0.1) is 0 Å². The Morgan fingerprint density at radius 2 is 1.83 bits per heavy atom. The standard InChI is InChI=1S/C18H17NO5/c1-18(2)23-15-8-7-13(9-14(15)17(22)24-18)19-10-11-3-5-12(6-4-11)16(20)21/h3-9,19H,10H2,1-2H3,(H,20,21). The number of cyclic esters (lactones) is 1. The molecule has 0 unspecified atom stereocenters. The number of carboxylic acid groups (broad SMARTS) is 1. The van der Waals surface area contributed by atoms with E-state index in [2.05, 4.69) is 5.32 Å². The summed E-state index contributed by atoms with van der Waals surface area (Å²) in [4.78, 5) is 22.9. The molecule has 0 aromatic heterocycles. The van der Waals surface area contributed by atoms with Crippen LogP contribution in [0.2, 0.25) is 0 Å². The molecule has 0 aliphatic carbocycles. The maximum atomic E-state index is 12.0. The van der Waals surface area contributed by atoms with Gasteiger partial charge in [-0.05, 0) is 35.9 Å². The van der Waals surface area contributed by atoms with Crippen molar-refractivity contribution in [3.05, 3.63) is 59.2 Å². The van der Waals surface area contributed by atoms with Crippen molar-refractivity contribution in [2.24, 2.45) is 0 Å². The van der Waals surface area contributed by atoms with Crippen molar-refractivity contribution in [1.29, 1.82) is 0 Å². The minimum Gasteiger partial charge on any atom is -0.478 e. The normalized spacial score (nSPS) is 15.0. The summed E-state index contributed by atoms with van der Waals surface area (Å²) in [5.74, 6) is -1.85. The van der Waals surface area contributed by atoms with Crippen LogP contribution in [0, 0.1) is 0 Å². The molecule has 0 radical (unpaired) electrons. The third-order valence-electron chi connectivity index (χ3n) is 3.59. The van der Waals surface area contributed by atoms with Crippen LogP contribution in [0.25, 0.3) is 0 Å². The van der Waals surface area contributed by atoms with Crippen molar-refractivity contribution in [3.8, 4) is 5.75 Å². The van der Waals surface area contributed by atoms with E-state index in [4.69, 9.17) is 14.6 Å². The maximum absolute atomic E-state index is 12.0. The summed E-state index contributed by atoms with van der Waals surface area (Å²) < 4.78 is 10.8. The number of aromatic carboxylic acids is 1. The molecule has 1 heterocycles. The van der Waals surface area contributed by atoms with Crippen LogP contribution in [-0.2, 0) is 11.3 Å². The zero-order valence-corrected chi connectivity index (χ0v) is 13.3. The summed E-state index contributed by atoms with van der Waals surface area (Å²) in [6, 6.07) is 11.8. The minimum atomic E-state index is -0.967. The van der Waals surface area contributed by atoms with E-state index in [0.717, 1.165) is 11.3 Å². The maximum Gasteiger partial charge on any atom is 0.345 e. The summed E-state index contributed by atoms with van der Waals surface area (Å²) in [6.07, 6.45) is 0. The van der Waals surface area contributed by atoms with E-state index < -0.39 is 17.7 Å². The van der Waals surface area contributed by atoms with Gasteiger partial charge in [-0.3, -0.25) is 0 Å². The average molecular weight is 327 g/mol. The van der Waals surface area contributed by atoms with Gasteiger partial charge in [0.05, 0.1) is 5.56 Å². The van der Waals surface area contributed by atoms with Crippen LogP contribution < -0.4 is 10.1 Å². The van der Waals surface area contributed by atoms with Crippen molar-refractivity contribution in [1.82, 2.24) is 0 Å². The smallest absolute Gasteiger partial charge is 0.345 e. The van der Waals surface area contributed by atoms with E-state index in [0.29, 0.717) is 17.9 Å². The Hall–Kier alpha value is -3.02. The van der Waals surface area contributed by atoms with Gasteiger partial charge in [-0.25, -0.2) is 9.59 Å². The molecular weight excluding hydrogens is 310 g/mol. The van der Waals surface area contributed by atoms with Crippen LogP contribution in [-0.4, -0.2) is 22.8 Å². The lowest BCUT2D eigenvalue weighted by molar-refractivity contribution is -0.127. The largest absolute Gasteiger partial charge is 0.478 e. The van der Waals surface area contributed by atoms with Crippen LogP contribution in [0.5, 0.6) is 5.75 Å². The molecule has 24 heavy (non-hydrogen) atoms. The molecule has 6 heteroatoms. The molecule has 0 saturated carbocycles. The van der Waals surface area contributed by atoms with E-state index in [-0.39, 0.29) is 5.56 Å². The fraction of sp³-hybridized carbons (Fsp3) is 0.222. The molecule has 1 aliphatic heterocycles. The number of hydrogen-bond donors (Lipinski definition) is 2. The molecule has 1 aliphatic rings. The number of anilines is 1. The molecule has 2 N–H and O–H groups in total. The van der Waals surface area contributed by atoms with Gasteiger partial charge in [0.1, 0.15) is 11.3 Å². The second-order valence-corrected chi connectivity index (χ2v) is 5.96. The number of benzene rings is 2. The van der Waals surface area contributed by atoms with Crippen LogP contribution in [0.1, 0.15) is 40.1 Å². The number of ether oxygens (including phenoxy) is 2. The molecule has 0 spiro atoms. The molecule has 0 bridgehead atoms. The summed E-state index contributed by atoms with van der Waals surface area (Å²) >= 11 is 0. The van der Waals surface area contributed by atoms with Gasteiger partial charge >= 0.3 is 11.9 Å². The van der Waals surface area contributed by atoms with Crippen LogP contribution in [0.3, 0.4) is 0 Å². The first kappa shape index (κ1) is 15.9. The van der Waals surface area contributed by atoms with Crippen LogP contribution in [0.4, 0.5) is 5.69 Å². The molecular formula is C18H17NO5. The van der Waals surface area contributed by atoms with Gasteiger partial charge < -0.3 is 19.9 Å². The Balaban J connectivity index is 1.72. The third-order valence-corrected chi connectivity index (χ3v) is 3.59. The van der Waals surface area contributed by atoms with Crippen molar-refractivity contribution >= 4 is 17.6 Å². The first-order chi connectivity index (χ1) is 11.3. The Morgan fingerprint density at radius 3 is 2.50 bits per heavy atom. The number of nitrogens with one attached hydrogen (secondary N) is 1. The third kappa shape index (κ3) is 3.32. The summed E-state index contributed by atoms with van der Waals surface area (Å²) in [7, 11) is 0. The second kappa shape index (κ2) is 5.88. The topological polar surface area (TPSA) is 84.9 Å². The lowest BCUT2D eigenvalue weighted by Gasteiger charge is -2.31. The fourth-order valence-electron chi connectivity index (χ4n) is 2.42. The van der Waals surface area contributed by atoms with Crippen LogP contribution >= 0.6 is 0 Å². The monoisotopic (exact) mass is 327 g/mol. The minimum absolute atomic E-state index is 0.245. The molecule has 0 amide bonds. The summed E-state index contributed by atoms with van der Waals surface area (Å²) in [5.41, 5.74) is 2.30. The summed E-state index contributed by atoms with van der Waals surface area (Å²) in [6.45, 7) is 3.86. The predicted octanol–water partition coefficient (Wildman–Crippen LogP) is 3.28. The average Bonchev–Trinajstić information content (AvgIpc) is 2.52. The van der Waals surface area contributed by atoms with E-state index in [9.17, 15) is 9.59 Å². The second-order valence-electron chi connectivity index (χ2n) is 5.96. The molecule has 6 nitrogen and oxygen atoms in total. The fourth-order valence-corrected chi connectivity index (χ4v) is 2.42. The van der Waals surface area contributed by atoms with E-state index in [1.807, 2.05) is 6.07 Å². The van der Waals surface area contributed by atoms with Crippen molar-refractivity contribution in [3.63, 3.8) is 0 Å². The zero-order valence-electron chi connectivity index (χ0n) is 13.3. The van der Waals surface area contributed by atoms with Gasteiger partial charge in [-0.1, -0.05) is 12.1 Å². The summed E-state index contributed by atoms with van der Waals surface area (Å²) in [5, 5.41) is 12.1. The highest BCUT2D eigenvalue weighted by Gasteiger charge is 2.33. The Labute approximate surface area is 139 Å². The Morgan fingerprint density at radius 1 is 1.12 bits per heavy atom. The van der Waals surface area contributed by atoms with Gasteiger partial charge in [-0.2, -0.15) is 0 Å². The first-order valence-electron chi connectivity index (χ1n) is 7.46. The van der Waals surface area contributed by atoms with Crippen molar-refractivity contribution in [2.75, 3.05) is 5.32 Å². The Kier molecular flexibility index (Phi) is 3.89. The van der Waals surface area contributed by atoms with Gasteiger partial charge in [0, 0.05) is 26.1 Å². The lowest BCUT2D eigenvalue weighted by Crippen LogP contribution is -2.38. The molecule has 124 valence electrons. The quantitative estimate of drug-likeness (QED) is 0.838. The SMILES string of the molecule is CC1(C)OC(=O)c2cc(NCc3ccc(C(=O)O)cc3)ccc2O1. The van der Waals surface area contributed by atoms with E-state index >= 15 is 0 Å². The molecule has 2 aromatic rings. The van der Waals surface area contributed by atoms with E-state index in [1.165, 1.54) is 0 Å². The highest BCUT2D eigenvalue weighted by molar-refractivity contribution is 5.94. The van der Waals surface area contributed by atoms with E-state index in [1.54, 1.807) is 50.2 Å². The number of carbonyl (C=O) groups is 2. The zero-order chi connectivity index (χ0) is 17.3. The van der Waals surface area contributed by atoms with Gasteiger partial charge in [0.2, 0.25) is 5.79 Å². The van der Waals surface area contributed by atoms with Crippen molar-refractivity contribution < 1.29 is 24.2 Å².